The van der Waals surface area contributed by atoms with E-state index in [0.29, 0.717) is 13.0 Å². The molecule has 0 saturated carbocycles. The summed E-state index contributed by atoms with van der Waals surface area (Å²) < 4.78 is 0. The van der Waals surface area contributed by atoms with Gasteiger partial charge in [0.25, 0.3) is 0 Å². The van der Waals surface area contributed by atoms with Crippen LogP contribution in [0, 0.1) is 5.92 Å². The summed E-state index contributed by atoms with van der Waals surface area (Å²) in [5.74, 6) is -0.432. The Balaban J connectivity index is 2.30. The number of aromatic amines is 1. The molecule has 1 aromatic rings. The number of aliphatic carboxylic acids is 1. The summed E-state index contributed by atoms with van der Waals surface area (Å²) in [6.45, 7) is 3.87. The van der Waals surface area contributed by atoms with E-state index < -0.39 is 18.0 Å². The first-order valence-electron chi connectivity index (χ1n) is 5.76. The molecule has 1 atom stereocenters. The highest BCUT2D eigenvalue weighted by Gasteiger charge is 2.22. The number of rotatable bonds is 6. The van der Waals surface area contributed by atoms with Gasteiger partial charge in [0.2, 0.25) is 0 Å². The summed E-state index contributed by atoms with van der Waals surface area (Å²) in [5.41, 5.74) is 0. The minimum atomic E-state index is -1.04. The highest BCUT2D eigenvalue weighted by molar-refractivity contribution is 5.82. The van der Waals surface area contributed by atoms with E-state index in [1.807, 2.05) is 0 Å². The van der Waals surface area contributed by atoms with Crippen molar-refractivity contribution in [2.45, 2.75) is 26.3 Å². The molecule has 7 nitrogen and oxygen atoms in total. The van der Waals surface area contributed by atoms with Crippen LogP contribution >= 0.6 is 0 Å². The Morgan fingerprint density at radius 3 is 2.72 bits per heavy atom. The first-order chi connectivity index (χ1) is 8.50. The third-order valence-corrected chi connectivity index (χ3v) is 2.42. The van der Waals surface area contributed by atoms with Crippen molar-refractivity contribution in [3.8, 4) is 0 Å². The van der Waals surface area contributed by atoms with Gasteiger partial charge in [-0.15, -0.1) is 0 Å². The number of H-pyrrole nitrogens is 1. The number of aromatic nitrogens is 2. The van der Waals surface area contributed by atoms with Gasteiger partial charge < -0.3 is 20.7 Å². The van der Waals surface area contributed by atoms with Crippen molar-refractivity contribution in [1.29, 1.82) is 0 Å². The summed E-state index contributed by atoms with van der Waals surface area (Å²) in [6, 6.07) is -1.36. The number of nitrogens with zero attached hydrogens (tertiary/aromatic N) is 1. The van der Waals surface area contributed by atoms with Crippen molar-refractivity contribution in [3.05, 3.63) is 18.2 Å². The van der Waals surface area contributed by atoms with Crippen LogP contribution in [0.25, 0.3) is 0 Å². The van der Waals surface area contributed by atoms with Gasteiger partial charge in [-0.3, -0.25) is 0 Å². The van der Waals surface area contributed by atoms with Gasteiger partial charge in [-0.05, 0) is 5.92 Å². The predicted octanol–water partition coefficient (Wildman–Crippen LogP) is 0.361. The Bertz CT molecular complexity index is 389. The molecule has 4 N–H and O–H groups in total. The molecule has 0 aliphatic carbocycles. The number of nitrogens with one attached hydrogen (secondary N) is 3. The molecule has 0 aromatic carbocycles. The Kier molecular flexibility index (Phi) is 5.16. The maximum absolute atomic E-state index is 11.5. The Hall–Kier alpha value is -2.05. The average molecular weight is 254 g/mol. The summed E-state index contributed by atoms with van der Waals surface area (Å²) in [4.78, 5) is 29.3. The molecular formula is C11H18N4O3. The molecule has 2 amide bonds. The van der Waals surface area contributed by atoms with Crippen LogP contribution in [0.15, 0.2) is 12.4 Å². The van der Waals surface area contributed by atoms with Crippen LogP contribution in [-0.4, -0.2) is 39.7 Å². The fraction of sp³-hybridized carbons (Fsp3) is 0.545. The molecule has 7 heteroatoms. The number of carboxylic acid groups (broad SMARTS) is 1. The number of amides is 2. The van der Waals surface area contributed by atoms with E-state index in [0.717, 1.165) is 5.82 Å². The van der Waals surface area contributed by atoms with E-state index in [9.17, 15) is 9.59 Å². The zero-order valence-corrected chi connectivity index (χ0v) is 10.4. The minimum Gasteiger partial charge on any atom is -0.480 e. The molecule has 0 spiro atoms. The van der Waals surface area contributed by atoms with Crippen LogP contribution < -0.4 is 10.6 Å². The Morgan fingerprint density at radius 2 is 2.22 bits per heavy atom. The lowest BCUT2D eigenvalue weighted by atomic mass is 10.1. The van der Waals surface area contributed by atoms with Crippen LogP contribution in [-0.2, 0) is 11.2 Å². The zero-order valence-electron chi connectivity index (χ0n) is 10.4. The first kappa shape index (κ1) is 14.0. The lowest BCUT2D eigenvalue weighted by molar-refractivity contribution is -0.140. The van der Waals surface area contributed by atoms with Crippen LogP contribution in [0.2, 0.25) is 0 Å². The van der Waals surface area contributed by atoms with Crippen molar-refractivity contribution in [3.63, 3.8) is 0 Å². The predicted molar refractivity (Wildman–Crippen MR) is 65.1 cm³/mol. The maximum atomic E-state index is 11.5. The summed E-state index contributed by atoms with van der Waals surface area (Å²) in [7, 11) is 0. The number of carbonyl (C=O) groups is 2. The smallest absolute Gasteiger partial charge is 0.326 e. The zero-order chi connectivity index (χ0) is 13.5. The van der Waals surface area contributed by atoms with Gasteiger partial charge in [0, 0.05) is 25.4 Å². The largest absolute Gasteiger partial charge is 0.480 e. The second-order valence-corrected chi connectivity index (χ2v) is 4.25. The lowest BCUT2D eigenvalue weighted by Gasteiger charge is -2.18. The van der Waals surface area contributed by atoms with E-state index in [-0.39, 0.29) is 5.92 Å². The van der Waals surface area contributed by atoms with Gasteiger partial charge in [0.15, 0.2) is 0 Å². The number of carbonyl (C=O) groups excluding carboxylic acids is 1. The number of imidazole rings is 1. The highest BCUT2D eigenvalue weighted by Crippen LogP contribution is 2.01. The van der Waals surface area contributed by atoms with Crippen LogP contribution in [0.3, 0.4) is 0 Å². The van der Waals surface area contributed by atoms with Crippen molar-refractivity contribution in [2.75, 3.05) is 6.54 Å². The second-order valence-electron chi connectivity index (χ2n) is 4.25. The van der Waals surface area contributed by atoms with E-state index in [1.165, 1.54) is 0 Å². The van der Waals surface area contributed by atoms with Gasteiger partial charge in [-0.2, -0.15) is 0 Å². The van der Waals surface area contributed by atoms with E-state index in [2.05, 4.69) is 20.6 Å². The summed E-state index contributed by atoms with van der Waals surface area (Å²) >= 11 is 0. The lowest BCUT2D eigenvalue weighted by Crippen LogP contribution is -2.48. The van der Waals surface area contributed by atoms with Crippen LogP contribution in [0.1, 0.15) is 19.7 Å². The van der Waals surface area contributed by atoms with Crippen LogP contribution in [0.5, 0.6) is 0 Å². The van der Waals surface area contributed by atoms with Gasteiger partial charge >= 0.3 is 12.0 Å². The van der Waals surface area contributed by atoms with Gasteiger partial charge in [0.1, 0.15) is 11.9 Å². The van der Waals surface area contributed by atoms with Gasteiger partial charge in [-0.25, -0.2) is 14.6 Å². The van der Waals surface area contributed by atoms with Gasteiger partial charge in [-0.1, -0.05) is 13.8 Å². The summed E-state index contributed by atoms with van der Waals surface area (Å²) in [5, 5.41) is 13.9. The fourth-order valence-corrected chi connectivity index (χ4v) is 1.43. The topological polar surface area (TPSA) is 107 Å². The standard InChI is InChI=1S/C11H18N4O3/c1-7(2)9(10(16)17)15-11(18)14-4-3-8-12-5-6-13-8/h5-7,9H,3-4H2,1-2H3,(H,12,13)(H,16,17)(H2,14,15,18). The second kappa shape index (κ2) is 6.63. The molecule has 0 aliphatic rings. The van der Waals surface area contributed by atoms with Crippen LogP contribution in [0.4, 0.5) is 4.79 Å². The molecule has 1 rings (SSSR count). The average Bonchev–Trinajstić information content (AvgIpc) is 2.78. The quantitative estimate of drug-likeness (QED) is 0.588. The molecule has 1 aromatic heterocycles. The molecule has 1 unspecified atom stereocenters. The molecular weight excluding hydrogens is 236 g/mol. The molecule has 0 fully saturated rings. The Labute approximate surface area is 105 Å². The summed E-state index contributed by atoms with van der Waals surface area (Å²) in [6.07, 6.45) is 3.91. The first-order valence-corrected chi connectivity index (χ1v) is 5.76. The molecule has 0 bridgehead atoms. The number of hydrogen-bond acceptors (Lipinski definition) is 3. The maximum Gasteiger partial charge on any atom is 0.326 e. The molecule has 0 aliphatic heterocycles. The minimum absolute atomic E-state index is 0.168. The van der Waals surface area contributed by atoms with E-state index in [1.54, 1.807) is 26.2 Å². The Morgan fingerprint density at radius 1 is 1.50 bits per heavy atom. The molecule has 0 saturated heterocycles. The molecule has 1 heterocycles. The highest BCUT2D eigenvalue weighted by atomic mass is 16.4. The number of carboxylic acids is 1. The third kappa shape index (κ3) is 4.44. The fourth-order valence-electron chi connectivity index (χ4n) is 1.43. The third-order valence-electron chi connectivity index (χ3n) is 2.42. The van der Waals surface area contributed by atoms with Crippen molar-refractivity contribution >= 4 is 12.0 Å². The van der Waals surface area contributed by atoms with Gasteiger partial charge in [0.05, 0.1) is 0 Å². The number of urea groups is 1. The van der Waals surface area contributed by atoms with Crippen molar-refractivity contribution in [2.24, 2.45) is 5.92 Å². The number of hydrogen-bond donors (Lipinski definition) is 4. The molecule has 18 heavy (non-hydrogen) atoms. The molecule has 0 radical (unpaired) electrons. The normalized spacial score (nSPS) is 12.2. The van der Waals surface area contributed by atoms with Crippen molar-refractivity contribution in [1.82, 2.24) is 20.6 Å². The SMILES string of the molecule is CC(C)C(NC(=O)NCCc1ncc[nH]1)C(=O)O. The van der Waals surface area contributed by atoms with E-state index >= 15 is 0 Å². The monoisotopic (exact) mass is 254 g/mol. The molecule has 100 valence electrons. The van der Waals surface area contributed by atoms with Crippen molar-refractivity contribution < 1.29 is 14.7 Å². The van der Waals surface area contributed by atoms with E-state index in [4.69, 9.17) is 5.11 Å².